The highest BCUT2D eigenvalue weighted by Gasteiger charge is 2.22. The van der Waals surface area contributed by atoms with Gasteiger partial charge in [0.05, 0.1) is 17.3 Å². The number of hydrogen-bond acceptors (Lipinski definition) is 5. The molecular formula is C21H24BrN5O2. The summed E-state index contributed by atoms with van der Waals surface area (Å²) < 4.78 is 7.68. The summed E-state index contributed by atoms with van der Waals surface area (Å²) in [5.41, 5.74) is 1.72. The van der Waals surface area contributed by atoms with Gasteiger partial charge in [-0.1, -0.05) is 26.8 Å². The first-order chi connectivity index (χ1) is 13.8. The summed E-state index contributed by atoms with van der Waals surface area (Å²) in [6.07, 6.45) is 4.24. The van der Waals surface area contributed by atoms with E-state index in [-0.39, 0.29) is 11.3 Å². The number of benzene rings is 1. The topological polar surface area (TPSA) is 81.9 Å². The molecule has 0 aliphatic heterocycles. The van der Waals surface area contributed by atoms with E-state index in [0.717, 1.165) is 21.5 Å². The third kappa shape index (κ3) is 5.20. The van der Waals surface area contributed by atoms with Crippen LogP contribution in [0.3, 0.4) is 0 Å². The van der Waals surface area contributed by atoms with Gasteiger partial charge in [0.25, 0.3) is 5.95 Å². The number of nitrogens with one attached hydrogen (secondary N) is 1. The molecule has 0 spiro atoms. The molecule has 2 heterocycles. The number of rotatable bonds is 6. The molecule has 3 aromatic rings. The van der Waals surface area contributed by atoms with E-state index in [1.165, 1.54) is 0 Å². The largest absolute Gasteiger partial charge is 0.496 e. The average Bonchev–Trinajstić information content (AvgIpc) is 3.11. The van der Waals surface area contributed by atoms with Crippen molar-refractivity contribution < 1.29 is 9.53 Å². The van der Waals surface area contributed by atoms with Crippen LogP contribution in [0, 0.1) is 0 Å². The molecule has 152 valence electrons. The fourth-order valence-electron chi connectivity index (χ4n) is 2.72. The van der Waals surface area contributed by atoms with Gasteiger partial charge >= 0.3 is 0 Å². The first kappa shape index (κ1) is 21.0. The molecule has 2 aromatic heterocycles. The summed E-state index contributed by atoms with van der Waals surface area (Å²) in [7, 11) is 1.62. The molecular weight excluding hydrogens is 434 g/mol. The maximum atomic E-state index is 12.6. The highest BCUT2D eigenvalue weighted by atomic mass is 79.9. The molecule has 0 saturated heterocycles. The summed E-state index contributed by atoms with van der Waals surface area (Å²) >= 11 is 3.47. The minimum absolute atomic E-state index is 0.102. The number of carbonyl (C=O) groups excluding carboxylic acids is 1. The van der Waals surface area contributed by atoms with Crippen LogP contribution in [0.25, 0.3) is 5.95 Å². The first-order valence-electron chi connectivity index (χ1n) is 9.28. The van der Waals surface area contributed by atoms with Crippen molar-refractivity contribution in [1.82, 2.24) is 19.7 Å². The number of carbonyl (C=O) groups is 1. The lowest BCUT2D eigenvalue weighted by atomic mass is 9.92. The van der Waals surface area contributed by atoms with Crippen LogP contribution in [0.15, 0.2) is 47.2 Å². The van der Waals surface area contributed by atoms with E-state index in [0.29, 0.717) is 24.6 Å². The predicted molar refractivity (Wildman–Crippen MR) is 115 cm³/mol. The summed E-state index contributed by atoms with van der Waals surface area (Å²) in [5, 5.41) is 7.56. The van der Waals surface area contributed by atoms with Crippen molar-refractivity contribution in [2.45, 2.75) is 39.0 Å². The number of halogens is 1. The lowest BCUT2D eigenvalue weighted by Gasteiger charge is -2.13. The van der Waals surface area contributed by atoms with Crippen LogP contribution in [-0.4, -0.2) is 32.8 Å². The maximum Gasteiger partial charge on any atom is 0.252 e. The van der Waals surface area contributed by atoms with Crippen LogP contribution in [-0.2, 0) is 16.6 Å². The zero-order valence-corrected chi connectivity index (χ0v) is 18.5. The summed E-state index contributed by atoms with van der Waals surface area (Å²) in [5.74, 6) is 1.63. The number of anilines is 1. The number of methoxy groups -OCH3 is 1. The van der Waals surface area contributed by atoms with Crippen molar-refractivity contribution in [1.29, 1.82) is 0 Å². The zero-order chi connectivity index (χ0) is 21.0. The Morgan fingerprint density at radius 1 is 1.21 bits per heavy atom. The van der Waals surface area contributed by atoms with Crippen molar-refractivity contribution in [3.8, 4) is 11.7 Å². The van der Waals surface area contributed by atoms with Gasteiger partial charge < -0.3 is 10.1 Å². The molecule has 0 saturated carbocycles. The van der Waals surface area contributed by atoms with E-state index in [2.05, 4.69) is 57.1 Å². The normalized spacial score (nSPS) is 11.3. The Labute approximate surface area is 178 Å². The highest BCUT2D eigenvalue weighted by Crippen LogP contribution is 2.27. The van der Waals surface area contributed by atoms with E-state index in [1.54, 1.807) is 30.3 Å². The SMILES string of the molecule is COc1ccc(CCC(=O)Nc2cc(C(C)(C)C)nn2-c2ncccn2)cc1Br. The molecule has 7 nitrogen and oxygen atoms in total. The molecule has 0 atom stereocenters. The fourth-order valence-corrected chi connectivity index (χ4v) is 3.31. The molecule has 0 unspecified atom stereocenters. The lowest BCUT2D eigenvalue weighted by molar-refractivity contribution is -0.116. The maximum absolute atomic E-state index is 12.6. The Morgan fingerprint density at radius 3 is 2.55 bits per heavy atom. The van der Waals surface area contributed by atoms with Crippen LogP contribution in [0.1, 0.15) is 38.4 Å². The summed E-state index contributed by atoms with van der Waals surface area (Å²) in [4.78, 5) is 21.1. The van der Waals surface area contributed by atoms with Gasteiger partial charge in [0, 0.05) is 30.3 Å². The molecule has 0 fully saturated rings. The fraction of sp³-hybridized carbons (Fsp3) is 0.333. The lowest BCUT2D eigenvalue weighted by Crippen LogP contribution is -2.16. The van der Waals surface area contributed by atoms with Crippen LogP contribution in [0.2, 0.25) is 0 Å². The third-order valence-electron chi connectivity index (χ3n) is 4.34. The van der Waals surface area contributed by atoms with Gasteiger partial charge in [0.1, 0.15) is 11.6 Å². The number of amides is 1. The molecule has 0 aliphatic rings. The molecule has 1 N–H and O–H groups in total. The molecule has 0 radical (unpaired) electrons. The van der Waals surface area contributed by atoms with Gasteiger partial charge in [-0.3, -0.25) is 4.79 Å². The summed E-state index contributed by atoms with van der Waals surface area (Å²) in [6, 6.07) is 9.42. The Hall–Kier alpha value is -2.74. The van der Waals surface area contributed by atoms with Gasteiger partial charge in [-0.05, 0) is 46.1 Å². The monoisotopic (exact) mass is 457 g/mol. The van der Waals surface area contributed by atoms with E-state index in [4.69, 9.17) is 4.74 Å². The second kappa shape index (κ2) is 8.73. The second-order valence-electron chi connectivity index (χ2n) is 7.64. The third-order valence-corrected chi connectivity index (χ3v) is 4.96. The van der Waals surface area contributed by atoms with Crippen LogP contribution >= 0.6 is 15.9 Å². The minimum Gasteiger partial charge on any atom is -0.496 e. The molecule has 8 heteroatoms. The Balaban J connectivity index is 1.75. The first-order valence-corrected chi connectivity index (χ1v) is 10.1. The predicted octanol–water partition coefficient (Wildman–Crippen LogP) is 4.30. The number of hydrogen-bond donors (Lipinski definition) is 1. The van der Waals surface area contributed by atoms with Crippen molar-refractivity contribution in [2.75, 3.05) is 12.4 Å². The van der Waals surface area contributed by atoms with Crippen LogP contribution in [0.5, 0.6) is 5.75 Å². The number of nitrogens with zero attached hydrogens (tertiary/aromatic N) is 4. The standard InChI is InChI=1S/C21H24BrN5O2/c1-21(2,3)17-13-18(27(26-17)20-23-10-5-11-24-20)25-19(28)9-7-14-6-8-16(29-4)15(22)12-14/h5-6,8,10-13H,7,9H2,1-4H3,(H,25,28). The van der Waals surface area contributed by atoms with E-state index in [1.807, 2.05) is 24.3 Å². The number of ether oxygens (including phenoxy) is 1. The van der Waals surface area contributed by atoms with Gasteiger partial charge in [0.2, 0.25) is 5.91 Å². The molecule has 0 bridgehead atoms. The Kier molecular flexibility index (Phi) is 6.32. The van der Waals surface area contributed by atoms with Crippen LogP contribution < -0.4 is 10.1 Å². The van der Waals surface area contributed by atoms with Gasteiger partial charge in [-0.25, -0.2) is 9.97 Å². The second-order valence-corrected chi connectivity index (χ2v) is 8.50. The minimum atomic E-state index is -0.172. The Bertz CT molecular complexity index is 996. The van der Waals surface area contributed by atoms with E-state index >= 15 is 0 Å². The van der Waals surface area contributed by atoms with Gasteiger partial charge in [-0.15, -0.1) is 0 Å². The molecule has 1 aromatic carbocycles. The van der Waals surface area contributed by atoms with Crippen molar-refractivity contribution in [2.24, 2.45) is 0 Å². The van der Waals surface area contributed by atoms with Crippen molar-refractivity contribution in [3.63, 3.8) is 0 Å². The average molecular weight is 458 g/mol. The van der Waals surface area contributed by atoms with Gasteiger partial charge in [0.15, 0.2) is 0 Å². The van der Waals surface area contributed by atoms with Gasteiger partial charge in [-0.2, -0.15) is 9.78 Å². The van der Waals surface area contributed by atoms with Crippen LogP contribution in [0.4, 0.5) is 5.82 Å². The van der Waals surface area contributed by atoms with Crippen molar-refractivity contribution >= 4 is 27.7 Å². The smallest absolute Gasteiger partial charge is 0.252 e. The molecule has 0 aliphatic carbocycles. The van der Waals surface area contributed by atoms with E-state index < -0.39 is 0 Å². The molecule has 3 rings (SSSR count). The highest BCUT2D eigenvalue weighted by molar-refractivity contribution is 9.10. The molecule has 29 heavy (non-hydrogen) atoms. The number of aryl methyl sites for hydroxylation is 1. The number of aromatic nitrogens is 4. The van der Waals surface area contributed by atoms with Crippen molar-refractivity contribution in [3.05, 3.63) is 58.5 Å². The summed E-state index contributed by atoms with van der Waals surface area (Å²) in [6.45, 7) is 6.20. The quantitative estimate of drug-likeness (QED) is 0.596. The molecule has 1 amide bonds. The Morgan fingerprint density at radius 2 is 1.93 bits per heavy atom. The zero-order valence-electron chi connectivity index (χ0n) is 16.9. The van der Waals surface area contributed by atoms with E-state index in [9.17, 15) is 4.79 Å².